The molecule has 0 bridgehead atoms. The average molecular weight is 282 g/mol. The Morgan fingerprint density at radius 2 is 2.05 bits per heavy atom. The van der Waals surface area contributed by atoms with Crippen molar-refractivity contribution in [2.45, 2.75) is 4.90 Å². The van der Waals surface area contributed by atoms with E-state index in [4.69, 9.17) is 5.73 Å². The van der Waals surface area contributed by atoms with Gasteiger partial charge in [-0.05, 0) is 12.1 Å². The summed E-state index contributed by atoms with van der Waals surface area (Å²) >= 11 is 0. The molecule has 0 fully saturated rings. The third-order valence-electron chi connectivity index (χ3n) is 2.43. The van der Waals surface area contributed by atoms with Gasteiger partial charge in [0, 0.05) is 26.5 Å². The van der Waals surface area contributed by atoms with E-state index in [1.54, 1.807) is 31.1 Å². The topological polar surface area (TPSA) is 107 Å². The summed E-state index contributed by atoms with van der Waals surface area (Å²) in [5.74, 6) is 0.648. The predicted octanol–water partition coefficient (Wildman–Crippen LogP) is -0.286. The van der Waals surface area contributed by atoms with Gasteiger partial charge in [0.2, 0.25) is 0 Å². The zero-order valence-electron chi connectivity index (χ0n) is 10.8. The maximum Gasteiger partial charge on any atom is 0.182 e. The van der Waals surface area contributed by atoms with Crippen molar-refractivity contribution in [1.82, 2.24) is 20.0 Å². The molecular formula is C10H14N6O2S. The average Bonchev–Trinajstić information content (AvgIpc) is 2.68. The number of hydrogen-bond acceptors (Lipinski definition) is 7. The van der Waals surface area contributed by atoms with Crippen molar-refractivity contribution in [2.75, 3.05) is 31.0 Å². The van der Waals surface area contributed by atoms with Gasteiger partial charge in [0.15, 0.2) is 26.4 Å². The van der Waals surface area contributed by atoms with Gasteiger partial charge in [0.25, 0.3) is 0 Å². The number of hydrogen-bond donors (Lipinski definition) is 1. The smallest absolute Gasteiger partial charge is 0.182 e. The fraction of sp³-hybridized carbons (Fsp3) is 0.300. The van der Waals surface area contributed by atoms with Gasteiger partial charge in [0.05, 0.1) is 0 Å². The van der Waals surface area contributed by atoms with E-state index in [0.717, 1.165) is 6.26 Å². The van der Waals surface area contributed by atoms with Crippen LogP contribution in [0.4, 0.5) is 11.6 Å². The molecule has 0 aromatic carbocycles. The minimum atomic E-state index is -3.49. The van der Waals surface area contributed by atoms with E-state index in [1.807, 2.05) is 0 Å². The highest BCUT2D eigenvalue weighted by Crippen LogP contribution is 2.30. The molecule has 2 heterocycles. The molecule has 0 atom stereocenters. The third-order valence-corrected chi connectivity index (χ3v) is 3.56. The fourth-order valence-electron chi connectivity index (χ4n) is 1.63. The molecule has 0 saturated carbocycles. The summed E-state index contributed by atoms with van der Waals surface area (Å²) in [5, 5.41) is 11.8. The summed E-state index contributed by atoms with van der Waals surface area (Å²) in [7, 11) is -0.111. The Balaban J connectivity index is 2.74. The Morgan fingerprint density at radius 3 is 2.47 bits per heavy atom. The summed E-state index contributed by atoms with van der Waals surface area (Å²) in [5.41, 5.74) is 5.89. The SMILES string of the molecule is CN(C)c1nn(-c2cccnn2)c(N)c1S(C)(=O)=O. The van der Waals surface area contributed by atoms with Crippen molar-refractivity contribution in [3.05, 3.63) is 18.3 Å². The number of nitrogens with two attached hydrogens (primary N) is 1. The van der Waals surface area contributed by atoms with Crippen LogP contribution < -0.4 is 10.6 Å². The maximum atomic E-state index is 11.8. The second-order valence-corrected chi connectivity index (χ2v) is 6.15. The van der Waals surface area contributed by atoms with E-state index in [2.05, 4.69) is 15.3 Å². The number of rotatable bonds is 3. The normalized spacial score (nSPS) is 11.5. The molecule has 0 spiro atoms. The molecule has 2 N–H and O–H groups in total. The van der Waals surface area contributed by atoms with E-state index in [-0.39, 0.29) is 16.5 Å². The minimum absolute atomic E-state index is 0.0110. The van der Waals surface area contributed by atoms with Gasteiger partial charge >= 0.3 is 0 Å². The molecule has 8 nitrogen and oxygen atoms in total. The molecular weight excluding hydrogens is 268 g/mol. The number of nitrogens with zero attached hydrogens (tertiary/aromatic N) is 5. The maximum absolute atomic E-state index is 11.8. The van der Waals surface area contributed by atoms with E-state index < -0.39 is 9.84 Å². The lowest BCUT2D eigenvalue weighted by atomic mass is 10.5. The second kappa shape index (κ2) is 4.50. The van der Waals surface area contributed by atoms with Crippen LogP contribution in [0.2, 0.25) is 0 Å². The summed E-state index contributed by atoms with van der Waals surface area (Å²) in [6, 6.07) is 3.31. The van der Waals surface area contributed by atoms with Crippen molar-refractivity contribution in [1.29, 1.82) is 0 Å². The molecule has 2 rings (SSSR count). The Kier molecular flexibility index (Phi) is 3.14. The first-order valence-corrected chi connectivity index (χ1v) is 7.25. The fourth-order valence-corrected chi connectivity index (χ4v) is 2.66. The van der Waals surface area contributed by atoms with Gasteiger partial charge in [-0.15, -0.1) is 10.2 Å². The molecule has 102 valence electrons. The zero-order valence-corrected chi connectivity index (χ0v) is 11.6. The minimum Gasteiger partial charge on any atom is -0.382 e. The van der Waals surface area contributed by atoms with Crippen molar-refractivity contribution in [3.63, 3.8) is 0 Å². The monoisotopic (exact) mass is 282 g/mol. The number of anilines is 2. The highest BCUT2D eigenvalue weighted by molar-refractivity contribution is 7.91. The summed E-state index contributed by atoms with van der Waals surface area (Å²) in [4.78, 5) is 1.57. The summed E-state index contributed by atoms with van der Waals surface area (Å²) in [6.07, 6.45) is 2.60. The second-order valence-electron chi connectivity index (χ2n) is 4.20. The van der Waals surface area contributed by atoms with Crippen LogP contribution in [0.15, 0.2) is 23.2 Å². The van der Waals surface area contributed by atoms with E-state index >= 15 is 0 Å². The quantitative estimate of drug-likeness (QED) is 0.824. The Bertz CT molecular complexity index is 692. The number of sulfone groups is 1. The summed E-state index contributed by atoms with van der Waals surface area (Å²) < 4.78 is 24.9. The molecule has 0 aliphatic heterocycles. The molecule has 2 aromatic heterocycles. The van der Waals surface area contributed by atoms with Crippen LogP contribution in [0.25, 0.3) is 5.82 Å². The van der Waals surface area contributed by atoms with Gasteiger partial charge in [-0.25, -0.2) is 8.42 Å². The van der Waals surface area contributed by atoms with Crippen LogP contribution in [-0.2, 0) is 9.84 Å². The van der Waals surface area contributed by atoms with Crippen LogP contribution >= 0.6 is 0 Å². The standard InChI is InChI=1S/C10H14N6O2S/c1-15(2)10-8(19(3,17)18)9(11)16(14-10)7-5-4-6-12-13-7/h4-6H,11H2,1-3H3. The molecule has 0 aliphatic carbocycles. The lowest BCUT2D eigenvalue weighted by molar-refractivity contribution is 0.602. The zero-order chi connectivity index (χ0) is 14.2. The van der Waals surface area contributed by atoms with Crippen molar-refractivity contribution in [2.24, 2.45) is 0 Å². The van der Waals surface area contributed by atoms with E-state index in [0.29, 0.717) is 5.82 Å². The van der Waals surface area contributed by atoms with E-state index in [9.17, 15) is 8.42 Å². The molecule has 19 heavy (non-hydrogen) atoms. The predicted molar refractivity (Wildman–Crippen MR) is 71.0 cm³/mol. The molecule has 0 amide bonds. The van der Waals surface area contributed by atoms with Crippen LogP contribution in [0.3, 0.4) is 0 Å². The third kappa shape index (κ3) is 2.36. The lowest BCUT2D eigenvalue weighted by Gasteiger charge is -2.09. The molecule has 0 saturated heterocycles. The van der Waals surface area contributed by atoms with Gasteiger partial charge in [-0.3, -0.25) is 0 Å². The molecule has 0 aliphatic rings. The molecule has 9 heteroatoms. The number of aromatic nitrogens is 4. The van der Waals surface area contributed by atoms with E-state index in [1.165, 1.54) is 10.9 Å². The highest BCUT2D eigenvalue weighted by atomic mass is 32.2. The van der Waals surface area contributed by atoms with Crippen molar-refractivity contribution >= 4 is 21.5 Å². The first-order chi connectivity index (χ1) is 8.82. The molecule has 2 aromatic rings. The Morgan fingerprint density at radius 1 is 1.37 bits per heavy atom. The van der Waals surface area contributed by atoms with Gasteiger partial charge < -0.3 is 10.6 Å². The Labute approximate surface area is 110 Å². The van der Waals surface area contributed by atoms with Crippen LogP contribution in [0, 0.1) is 0 Å². The van der Waals surface area contributed by atoms with Crippen molar-refractivity contribution < 1.29 is 8.42 Å². The van der Waals surface area contributed by atoms with Crippen LogP contribution in [0.1, 0.15) is 0 Å². The number of nitrogen functional groups attached to an aromatic ring is 1. The van der Waals surface area contributed by atoms with Gasteiger partial charge in [-0.1, -0.05) is 0 Å². The van der Waals surface area contributed by atoms with Gasteiger partial charge in [-0.2, -0.15) is 9.78 Å². The first kappa shape index (κ1) is 13.3. The lowest BCUT2D eigenvalue weighted by Crippen LogP contribution is -2.13. The largest absolute Gasteiger partial charge is 0.382 e. The Hall–Kier alpha value is -2.16. The highest BCUT2D eigenvalue weighted by Gasteiger charge is 2.26. The summed E-state index contributed by atoms with van der Waals surface area (Å²) in [6.45, 7) is 0. The van der Waals surface area contributed by atoms with Crippen molar-refractivity contribution in [3.8, 4) is 5.82 Å². The van der Waals surface area contributed by atoms with Crippen LogP contribution in [-0.4, -0.2) is 48.7 Å². The molecule has 0 radical (unpaired) electrons. The molecule has 0 unspecified atom stereocenters. The van der Waals surface area contributed by atoms with Crippen LogP contribution in [0.5, 0.6) is 0 Å². The first-order valence-electron chi connectivity index (χ1n) is 5.36. The van der Waals surface area contributed by atoms with Gasteiger partial charge in [0.1, 0.15) is 5.82 Å².